The van der Waals surface area contributed by atoms with Crippen molar-refractivity contribution >= 4 is 16.0 Å². The Balaban J connectivity index is 1.79. The fourth-order valence-electron chi connectivity index (χ4n) is 2.56. The first-order valence-corrected chi connectivity index (χ1v) is 9.51. The van der Waals surface area contributed by atoms with Gasteiger partial charge >= 0.3 is 5.97 Å². The predicted molar refractivity (Wildman–Crippen MR) is 91.5 cm³/mol. The normalized spacial score (nSPS) is 15.6. The number of nitrogens with zero attached hydrogens (tertiary/aromatic N) is 1. The topological polar surface area (TPSA) is 72.9 Å². The van der Waals surface area contributed by atoms with Crippen molar-refractivity contribution in [2.45, 2.75) is 11.5 Å². The molecule has 0 radical (unpaired) electrons. The number of halogens is 1. The van der Waals surface area contributed by atoms with Gasteiger partial charge in [0.2, 0.25) is 10.0 Å². The zero-order valence-electron chi connectivity index (χ0n) is 13.9. The van der Waals surface area contributed by atoms with Crippen molar-refractivity contribution in [1.29, 1.82) is 0 Å². The second-order valence-corrected chi connectivity index (χ2v) is 7.66. The van der Waals surface area contributed by atoms with E-state index in [1.54, 1.807) is 24.3 Å². The summed E-state index contributed by atoms with van der Waals surface area (Å²) in [5, 5.41) is 0. The van der Waals surface area contributed by atoms with Crippen LogP contribution in [0.1, 0.15) is 15.9 Å². The molecule has 1 aliphatic heterocycles. The molecule has 0 amide bonds. The molecule has 1 fully saturated rings. The standard InChI is InChI=1S/C18H18FNO5S/c19-17-7-6-15(26(22,23)20-8-10-24-11-9-20)12-16(17)18(21)25-13-14-4-2-1-3-5-14/h1-7,12H,8-11,13H2. The molecule has 8 heteroatoms. The maximum atomic E-state index is 14.0. The summed E-state index contributed by atoms with van der Waals surface area (Å²) in [6.07, 6.45) is 0. The van der Waals surface area contributed by atoms with E-state index in [2.05, 4.69) is 0 Å². The van der Waals surface area contributed by atoms with E-state index in [1.807, 2.05) is 6.07 Å². The highest BCUT2D eigenvalue weighted by atomic mass is 32.2. The van der Waals surface area contributed by atoms with Gasteiger partial charge in [0.05, 0.1) is 23.7 Å². The van der Waals surface area contributed by atoms with E-state index >= 15 is 0 Å². The van der Waals surface area contributed by atoms with Crippen molar-refractivity contribution in [3.63, 3.8) is 0 Å². The summed E-state index contributed by atoms with van der Waals surface area (Å²) in [6.45, 7) is 0.999. The number of esters is 1. The van der Waals surface area contributed by atoms with Gasteiger partial charge in [-0.05, 0) is 23.8 Å². The van der Waals surface area contributed by atoms with E-state index in [0.29, 0.717) is 13.2 Å². The summed E-state index contributed by atoms with van der Waals surface area (Å²) in [7, 11) is -3.82. The van der Waals surface area contributed by atoms with Crippen LogP contribution in [0.5, 0.6) is 0 Å². The number of hydrogen-bond donors (Lipinski definition) is 0. The molecular weight excluding hydrogens is 361 g/mol. The lowest BCUT2D eigenvalue weighted by molar-refractivity contribution is 0.0467. The first kappa shape index (κ1) is 18.5. The maximum Gasteiger partial charge on any atom is 0.341 e. The van der Waals surface area contributed by atoms with Gasteiger partial charge in [0, 0.05) is 13.1 Å². The molecular formula is C18H18FNO5S. The number of rotatable bonds is 5. The van der Waals surface area contributed by atoms with Crippen LogP contribution in [0.25, 0.3) is 0 Å². The molecule has 1 heterocycles. The molecule has 0 unspecified atom stereocenters. The second-order valence-electron chi connectivity index (χ2n) is 5.72. The van der Waals surface area contributed by atoms with E-state index in [1.165, 1.54) is 4.31 Å². The van der Waals surface area contributed by atoms with Crippen LogP contribution in [0.2, 0.25) is 0 Å². The third kappa shape index (κ3) is 4.09. The van der Waals surface area contributed by atoms with Crippen LogP contribution in [0.15, 0.2) is 53.4 Å². The minimum Gasteiger partial charge on any atom is -0.457 e. The summed E-state index contributed by atoms with van der Waals surface area (Å²) in [5.74, 6) is -1.74. The fraction of sp³-hybridized carbons (Fsp3) is 0.278. The highest BCUT2D eigenvalue weighted by molar-refractivity contribution is 7.89. The highest BCUT2D eigenvalue weighted by Gasteiger charge is 2.28. The number of sulfonamides is 1. The van der Waals surface area contributed by atoms with Crippen molar-refractivity contribution in [3.05, 3.63) is 65.5 Å². The molecule has 1 aliphatic rings. The lowest BCUT2D eigenvalue weighted by Gasteiger charge is -2.26. The van der Waals surface area contributed by atoms with E-state index in [0.717, 1.165) is 23.8 Å². The summed E-state index contributed by atoms with van der Waals surface area (Å²) in [6, 6.07) is 12.1. The van der Waals surface area contributed by atoms with Crippen molar-refractivity contribution in [2.24, 2.45) is 0 Å². The zero-order valence-corrected chi connectivity index (χ0v) is 14.7. The lowest BCUT2D eigenvalue weighted by atomic mass is 10.2. The minimum atomic E-state index is -3.82. The first-order valence-electron chi connectivity index (χ1n) is 8.07. The summed E-state index contributed by atoms with van der Waals surface area (Å²) >= 11 is 0. The van der Waals surface area contributed by atoms with Gasteiger partial charge in [0.1, 0.15) is 12.4 Å². The number of carbonyl (C=O) groups is 1. The average molecular weight is 379 g/mol. The number of ether oxygens (including phenoxy) is 2. The predicted octanol–water partition coefficient (Wildman–Crippen LogP) is 2.20. The van der Waals surface area contributed by atoms with Crippen LogP contribution >= 0.6 is 0 Å². The number of carbonyl (C=O) groups excluding carboxylic acids is 1. The Morgan fingerprint density at radius 2 is 1.81 bits per heavy atom. The van der Waals surface area contributed by atoms with Crippen LogP contribution in [-0.2, 0) is 26.1 Å². The summed E-state index contributed by atoms with van der Waals surface area (Å²) in [5.41, 5.74) is 0.341. The van der Waals surface area contributed by atoms with Gasteiger partial charge < -0.3 is 9.47 Å². The third-order valence-corrected chi connectivity index (χ3v) is 5.87. The van der Waals surface area contributed by atoms with Crippen LogP contribution < -0.4 is 0 Å². The monoisotopic (exact) mass is 379 g/mol. The zero-order chi connectivity index (χ0) is 18.6. The molecule has 0 aliphatic carbocycles. The van der Waals surface area contributed by atoms with Crippen LogP contribution in [0.4, 0.5) is 4.39 Å². The van der Waals surface area contributed by atoms with Gasteiger partial charge in [-0.1, -0.05) is 30.3 Å². The van der Waals surface area contributed by atoms with Crippen LogP contribution in [-0.4, -0.2) is 45.0 Å². The average Bonchev–Trinajstić information content (AvgIpc) is 2.68. The molecule has 0 saturated carbocycles. The highest BCUT2D eigenvalue weighted by Crippen LogP contribution is 2.21. The van der Waals surface area contributed by atoms with Gasteiger partial charge in [-0.15, -0.1) is 0 Å². The van der Waals surface area contributed by atoms with Crippen LogP contribution in [0, 0.1) is 5.82 Å². The Kier molecular flexibility index (Phi) is 5.65. The molecule has 26 heavy (non-hydrogen) atoms. The number of benzene rings is 2. The SMILES string of the molecule is O=C(OCc1ccccc1)c1cc(S(=O)(=O)N2CCOCC2)ccc1F. The van der Waals surface area contributed by atoms with Crippen molar-refractivity contribution in [2.75, 3.05) is 26.3 Å². The largest absolute Gasteiger partial charge is 0.457 e. The first-order chi connectivity index (χ1) is 12.5. The summed E-state index contributed by atoms with van der Waals surface area (Å²) < 4.78 is 50.8. The van der Waals surface area contributed by atoms with E-state index < -0.39 is 27.4 Å². The molecule has 2 aromatic rings. The molecule has 0 atom stereocenters. The van der Waals surface area contributed by atoms with Crippen LogP contribution in [0.3, 0.4) is 0 Å². The Morgan fingerprint density at radius 3 is 2.50 bits per heavy atom. The minimum absolute atomic E-state index is 0.0282. The Morgan fingerprint density at radius 1 is 1.12 bits per heavy atom. The van der Waals surface area contributed by atoms with E-state index in [9.17, 15) is 17.6 Å². The lowest BCUT2D eigenvalue weighted by Crippen LogP contribution is -2.40. The number of hydrogen-bond acceptors (Lipinski definition) is 5. The third-order valence-electron chi connectivity index (χ3n) is 3.98. The molecule has 0 aromatic heterocycles. The fourth-order valence-corrected chi connectivity index (χ4v) is 3.99. The Labute approximate surface area is 151 Å². The Hall–Kier alpha value is -2.29. The van der Waals surface area contributed by atoms with Gasteiger partial charge in [-0.3, -0.25) is 0 Å². The summed E-state index contributed by atoms with van der Waals surface area (Å²) in [4.78, 5) is 12.1. The van der Waals surface area contributed by atoms with E-state index in [-0.39, 0.29) is 24.6 Å². The molecule has 1 saturated heterocycles. The van der Waals surface area contributed by atoms with Gasteiger partial charge in [0.25, 0.3) is 0 Å². The quantitative estimate of drug-likeness (QED) is 0.745. The molecule has 0 bridgehead atoms. The van der Waals surface area contributed by atoms with Gasteiger partial charge in [-0.25, -0.2) is 17.6 Å². The van der Waals surface area contributed by atoms with Gasteiger partial charge in [-0.2, -0.15) is 4.31 Å². The van der Waals surface area contributed by atoms with E-state index in [4.69, 9.17) is 9.47 Å². The molecule has 0 spiro atoms. The Bertz CT molecular complexity index is 880. The molecule has 2 aromatic carbocycles. The molecule has 138 valence electrons. The van der Waals surface area contributed by atoms with Crippen molar-refractivity contribution in [1.82, 2.24) is 4.31 Å². The second kappa shape index (κ2) is 7.94. The van der Waals surface area contributed by atoms with Crippen molar-refractivity contribution in [3.8, 4) is 0 Å². The number of morpholine rings is 1. The smallest absolute Gasteiger partial charge is 0.341 e. The van der Waals surface area contributed by atoms with Gasteiger partial charge in [0.15, 0.2) is 0 Å². The molecule has 3 rings (SSSR count). The van der Waals surface area contributed by atoms with Crippen molar-refractivity contribution < 1.29 is 27.1 Å². The molecule has 6 nitrogen and oxygen atoms in total. The molecule has 0 N–H and O–H groups in total. The maximum absolute atomic E-state index is 14.0.